The van der Waals surface area contributed by atoms with Crippen molar-refractivity contribution in [2.75, 3.05) is 42.5 Å². The largest absolute Gasteiger partial charge is 0.489 e. The number of nitrogens with one attached hydrogen (secondary N) is 2. The minimum atomic E-state index is -0.604. The third kappa shape index (κ3) is 7.15. The van der Waals surface area contributed by atoms with Gasteiger partial charge in [0.1, 0.15) is 23.7 Å². The molecule has 0 spiro atoms. The fraction of sp³-hybridized carbons (Fsp3) is 0.522. The maximum absolute atomic E-state index is 13.5. The van der Waals surface area contributed by atoms with Crippen molar-refractivity contribution in [2.45, 2.75) is 103 Å². The summed E-state index contributed by atoms with van der Waals surface area (Å²) in [6.45, 7) is 21.0. The van der Waals surface area contributed by atoms with E-state index in [4.69, 9.17) is 27.9 Å². The molecule has 1 aliphatic carbocycles. The molecule has 3 aromatic rings. The molecule has 6 fully saturated rings. The molecule has 60 heavy (non-hydrogen) atoms. The zero-order chi connectivity index (χ0) is 42.1. The Balaban J connectivity index is 0.750. The molecule has 0 radical (unpaired) electrons. The van der Waals surface area contributed by atoms with E-state index in [1.54, 1.807) is 29.3 Å². The minimum absolute atomic E-state index is 0.132. The van der Waals surface area contributed by atoms with E-state index in [9.17, 15) is 19.2 Å². The molecule has 3 unspecified atom stereocenters. The van der Waals surface area contributed by atoms with Gasteiger partial charge in [-0.1, -0.05) is 45.4 Å². The van der Waals surface area contributed by atoms with Crippen LogP contribution in [0.25, 0.3) is 4.85 Å². The van der Waals surface area contributed by atoms with E-state index in [-0.39, 0.29) is 53.0 Å². The molecule has 2 bridgehead atoms. The van der Waals surface area contributed by atoms with Crippen molar-refractivity contribution in [3.63, 3.8) is 0 Å². The lowest BCUT2D eigenvalue weighted by Crippen LogP contribution is -2.74. The number of aromatic nitrogens is 1. The van der Waals surface area contributed by atoms with E-state index in [2.05, 4.69) is 70.0 Å². The van der Waals surface area contributed by atoms with E-state index in [0.29, 0.717) is 58.6 Å². The first kappa shape index (κ1) is 40.2. The average Bonchev–Trinajstić information content (AvgIpc) is 3.57. The first-order chi connectivity index (χ1) is 28.7. The molecule has 1 aromatic heterocycles. The fourth-order valence-electron chi connectivity index (χ4n) is 11.4. The van der Waals surface area contributed by atoms with Gasteiger partial charge in [-0.15, -0.1) is 0 Å². The van der Waals surface area contributed by atoms with E-state index >= 15 is 0 Å². The third-order valence-corrected chi connectivity index (χ3v) is 14.6. The summed E-state index contributed by atoms with van der Waals surface area (Å²) in [6.07, 6.45) is 6.65. The van der Waals surface area contributed by atoms with Crippen LogP contribution >= 0.6 is 11.6 Å². The number of nitrogens with zero attached hydrogens (tertiary/aromatic N) is 6. The maximum atomic E-state index is 13.5. The first-order valence-corrected chi connectivity index (χ1v) is 21.7. The fourth-order valence-corrected chi connectivity index (χ4v) is 11.6. The zero-order valence-electron chi connectivity index (χ0n) is 34.7. The maximum Gasteiger partial charge on any atom is 0.255 e. The second-order valence-corrected chi connectivity index (χ2v) is 19.2. The number of hydrogen-bond acceptors (Lipinski definition) is 9. The number of anilines is 2. The standard InChI is InChI=1S/C46H53ClN8O5/c1-45(2)43(46(3,4)44(45)60-33-10-12-36(48-5)35(47)21-33)51-40(57)28-6-14-38(49-22-28)52-18-16-27(17-19-52)23-53-25-32-8-7-31(53)26-54(32)30-9-11-34-29(20-30)24-55(42(34)59)37-13-15-39(56)50-41(37)58/h6,9-12,14,20-22,27,31-32,37,43-44H,7-8,13,15-19,23-26H2,1-4H3,(H,51,57)(H,50,56,58). The van der Waals surface area contributed by atoms with Crippen LogP contribution in [0.5, 0.6) is 5.75 Å². The molecule has 4 amide bonds. The highest BCUT2D eigenvalue weighted by Crippen LogP contribution is 2.56. The van der Waals surface area contributed by atoms with Crippen LogP contribution in [-0.4, -0.2) is 101 Å². The number of amides is 4. The van der Waals surface area contributed by atoms with E-state index in [1.165, 1.54) is 6.42 Å². The lowest BCUT2D eigenvalue weighted by Gasteiger charge is -2.63. The van der Waals surface area contributed by atoms with Gasteiger partial charge in [-0.2, -0.15) is 0 Å². The molecule has 5 saturated heterocycles. The van der Waals surface area contributed by atoms with Gasteiger partial charge in [0.25, 0.3) is 11.8 Å². The van der Waals surface area contributed by atoms with Gasteiger partial charge in [0.15, 0.2) is 0 Å². The Bertz CT molecular complexity index is 2250. The third-order valence-electron chi connectivity index (χ3n) is 14.3. The first-order valence-electron chi connectivity index (χ1n) is 21.3. The zero-order valence-corrected chi connectivity index (χ0v) is 35.5. The van der Waals surface area contributed by atoms with Crippen molar-refractivity contribution in [1.29, 1.82) is 0 Å². The van der Waals surface area contributed by atoms with Gasteiger partial charge in [0, 0.05) is 92.1 Å². The number of imide groups is 1. The summed E-state index contributed by atoms with van der Waals surface area (Å²) in [5, 5.41) is 6.02. The van der Waals surface area contributed by atoms with Gasteiger partial charge in [0.05, 0.1) is 17.2 Å². The number of benzene rings is 2. The Kier molecular flexibility index (Phi) is 10.3. The van der Waals surface area contributed by atoms with Crippen LogP contribution in [0.1, 0.15) is 92.5 Å². The molecule has 314 valence electrons. The van der Waals surface area contributed by atoms with Crippen molar-refractivity contribution in [1.82, 2.24) is 25.4 Å². The van der Waals surface area contributed by atoms with Crippen LogP contribution in [0.2, 0.25) is 5.02 Å². The van der Waals surface area contributed by atoms with E-state index < -0.39 is 6.04 Å². The predicted octanol–water partition coefficient (Wildman–Crippen LogP) is 6.23. The topological polar surface area (TPSA) is 132 Å². The van der Waals surface area contributed by atoms with E-state index in [0.717, 1.165) is 69.1 Å². The lowest BCUT2D eigenvalue weighted by atomic mass is 9.49. The van der Waals surface area contributed by atoms with Gasteiger partial charge in [-0.25, -0.2) is 9.83 Å². The van der Waals surface area contributed by atoms with E-state index in [1.807, 2.05) is 18.2 Å². The highest BCUT2D eigenvalue weighted by Gasteiger charge is 2.64. The van der Waals surface area contributed by atoms with Crippen LogP contribution in [-0.2, 0) is 16.1 Å². The van der Waals surface area contributed by atoms with Gasteiger partial charge in [-0.05, 0) is 86.1 Å². The van der Waals surface area contributed by atoms with Crippen LogP contribution in [0.3, 0.4) is 0 Å². The number of rotatable bonds is 9. The van der Waals surface area contributed by atoms with Crippen molar-refractivity contribution in [2.24, 2.45) is 16.7 Å². The molecule has 10 rings (SSSR count). The number of hydrogen-bond donors (Lipinski definition) is 2. The monoisotopic (exact) mass is 832 g/mol. The number of piperazine rings is 1. The highest BCUT2D eigenvalue weighted by molar-refractivity contribution is 6.33. The Hall–Kier alpha value is -5.19. The van der Waals surface area contributed by atoms with Gasteiger partial charge < -0.3 is 24.8 Å². The number of carbonyl (C=O) groups excluding carboxylic acids is 4. The number of carbonyl (C=O) groups is 4. The number of pyridine rings is 1. The van der Waals surface area contributed by atoms with Crippen LogP contribution < -0.4 is 25.2 Å². The molecule has 2 aromatic carbocycles. The Morgan fingerprint density at radius 1 is 0.950 bits per heavy atom. The van der Waals surface area contributed by atoms with Crippen molar-refractivity contribution in [3.05, 3.63) is 87.9 Å². The van der Waals surface area contributed by atoms with Gasteiger partial charge in [0.2, 0.25) is 17.5 Å². The van der Waals surface area contributed by atoms with Crippen molar-refractivity contribution < 1.29 is 23.9 Å². The SMILES string of the molecule is [C-]#[N+]c1ccc(OC2C(C)(C)C(NC(=O)c3ccc(N4CCC(CN5CC6CCC5CN6c5ccc6c(c5)CN(C5CCC(=O)NC5=O)C6=O)CC4)nc3)C2(C)C)cc1Cl. The number of ether oxygens (including phenoxy) is 1. The number of fused-ring (bicyclic) bond motifs is 4. The Morgan fingerprint density at radius 3 is 2.38 bits per heavy atom. The summed E-state index contributed by atoms with van der Waals surface area (Å²) >= 11 is 6.27. The van der Waals surface area contributed by atoms with Gasteiger partial charge >= 0.3 is 0 Å². The Labute approximate surface area is 356 Å². The summed E-state index contributed by atoms with van der Waals surface area (Å²) in [5.41, 5.74) is 2.96. The number of halogens is 1. The normalized spacial score (nSPS) is 27.2. The summed E-state index contributed by atoms with van der Waals surface area (Å²) < 4.78 is 6.40. The molecule has 14 heteroatoms. The number of piperidine rings is 4. The van der Waals surface area contributed by atoms with Crippen LogP contribution in [0, 0.1) is 23.3 Å². The molecule has 3 atom stereocenters. The minimum Gasteiger partial charge on any atom is -0.489 e. The molecule has 7 aliphatic rings. The molecule has 7 heterocycles. The Morgan fingerprint density at radius 2 is 1.72 bits per heavy atom. The van der Waals surface area contributed by atoms with Crippen molar-refractivity contribution >= 4 is 52.4 Å². The molecule has 6 aliphatic heterocycles. The summed E-state index contributed by atoms with van der Waals surface area (Å²) in [4.78, 5) is 68.4. The second-order valence-electron chi connectivity index (χ2n) is 18.8. The molecular weight excluding hydrogens is 780 g/mol. The van der Waals surface area contributed by atoms with Crippen LogP contribution in [0.4, 0.5) is 17.2 Å². The van der Waals surface area contributed by atoms with Gasteiger partial charge in [-0.3, -0.25) is 29.4 Å². The highest BCUT2D eigenvalue weighted by atomic mass is 35.5. The second kappa shape index (κ2) is 15.4. The van der Waals surface area contributed by atoms with Crippen LogP contribution in [0.15, 0.2) is 54.7 Å². The molecule has 13 nitrogen and oxygen atoms in total. The molecule has 2 N–H and O–H groups in total. The smallest absolute Gasteiger partial charge is 0.255 e. The summed E-state index contributed by atoms with van der Waals surface area (Å²) in [5.74, 6) is 1.17. The summed E-state index contributed by atoms with van der Waals surface area (Å²) in [6, 6.07) is 15.3. The lowest BCUT2D eigenvalue weighted by molar-refractivity contribution is -0.164. The average molecular weight is 833 g/mol. The molecule has 1 saturated carbocycles. The predicted molar refractivity (Wildman–Crippen MR) is 228 cm³/mol. The van der Waals surface area contributed by atoms with Crippen molar-refractivity contribution in [3.8, 4) is 5.75 Å². The summed E-state index contributed by atoms with van der Waals surface area (Å²) in [7, 11) is 0. The quantitative estimate of drug-likeness (QED) is 0.191. The molecular formula is C46H53ClN8O5.